The van der Waals surface area contributed by atoms with Crippen LogP contribution in [0.25, 0.3) is 0 Å². The molecule has 0 saturated heterocycles. The summed E-state index contributed by atoms with van der Waals surface area (Å²) in [6.07, 6.45) is 6.49. The van der Waals surface area contributed by atoms with Crippen LogP contribution < -0.4 is 5.32 Å². The van der Waals surface area contributed by atoms with E-state index >= 15 is 0 Å². The largest absolute Gasteiger partial charge is 0.314 e. The summed E-state index contributed by atoms with van der Waals surface area (Å²) in [5, 5.41) is 8.07. The molecule has 0 aromatic carbocycles. The molecule has 1 N–H and O–H groups in total. The molecular weight excluding hydrogens is 210 g/mol. The van der Waals surface area contributed by atoms with E-state index in [1.165, 1.54) is 44.3 Å². The number of nitrogens with one attached hydrogen (secondary N) is 1. The maximum absolute atomic E-state index is 4.42. The van der Waals surface area contributed by atoms with Gasteiger partial charge in [0.15, 0.2) is 0 Å². The Morgan fingerprint density at radius 1 is 1.47 bits per heavy atom. The Balaban J connectivity index is 1.83. The first-order valence-electron chi connectivity index (χ1n) is 6.92. The van der Waals surface area contributed by atoms with Crippen LogP contribution in [0.15, 0.2) is 6.07 Å². The number of hydrogen-bond donors (Lipinski definition) is 1. The lowest BCUT2D eigenvalue weighted by Gasteiger charge is -2.12. The molecule has 1 aliphatic carbocycles. The van der Waals surface area contributed by atoms with E-state index in [1.807, 2.05) is 4.68 Å². The second-order valence-electron chi connectivity index (χ2n) is 5.43. The second kappa shape index (κ2) is 5.67. The molecule has 0 spiro atoms. The van der Waals surface area contributed by atoms with E-state index in [4.69, 9.17) is 0 Å². The van der Waals surface area contributed by atoms with Crippen molar-refractivity contribution >= 4 is 0 Å². The normalized spacial score (nSPS) is 24.4. The van der Waals surface area contributed by atoms with Gasteiger partial charge >= 0.3 is 0 Å². The van der Waals surface area contributed by atoms with Gasteiger partial charge in [-0.2, -0.15) is 5.10 Å². The number of rotatable bonds is 5. The molecule has 1 fully saturated rings. The van der Waals surface area contributed by atoms with Crippen LogP contribution in [-0.2, 0) is 13.5 Å². The highest BCUT2D eigenvalue weighted by molar-refractivity contribution is 5.09. The zero-order valence-corrected chi connectivity index (χ0v) is 11.4. The summed E-state index contributed by atoms with van der Waals surface area (Å²) in [6, 6.07) is 2.99. The van der Waals surface area contributed by atoms with Crippen LogP contribution in [0, 0.1) is 12.8 Å². The highest BCUT2D eigenvalue weighted by atomic mass is 15.3. The van der Waals surface area contributed by atoms with Gasteiger partial charge in [0.25, 0.3) is 0 Å². The highest BCUT2D eigenvalue weighted by Crippen LogP contribution is 2.28. The van der Waals surface area contributed by atoms with Crippen LogP contribution in [0.2, 0.25) is 0 Å². The molecule has 2 atom stereocenters. The molecule has 0 bridgehead atoms. The Labute approximate surface area is 105 Å². The van der Waals surface area contributed by atoms with Crippen molar-refractivity contribution in [1.29, 1.82) is 0 Å². The molecule has 1 saturated carbocycles. The predicted molar refractivity (Wildman–Crippen MR) is 71.1 cm³/mol. The maximum atomic E-state index is 4.42. The zero-order chi connectivity index (χ0) is 12.3. The van der Waals surface area contributed by atoms with E-state index in [9.17, 15) is 0 Å². The zero-order valence-electron chi connectivity index (χ0n) is 11.4. The van der Waals surface area contributed by atoms with Crippen molar-refractivity contribution in [2.45, 2.75) is 52.0 Å². The Hall–Kier alpha value is -0.830. The van der Waals surface area contributed by atoms with Gasteiger partial charge in [-0.1, -0.05) is 6.92 Å². The Morgan fingerprint density at radius 3 is 2.94 bits per heavy atom. The summed E-state index contributed by atoms with van der Waals surface area (Å²) in [4.78, 5) is 0. The SMILES string of the molecule is CCCNC1CCC(Cc2cc(C)nn2C)C1. The Bertz CT molecular complexity index is 356. The molecule has 1 aromatic rings. The summed E-state index contributed by atoms with van der Waals surface area (Å²) < 4.78 is 2.04. The van der Waals surface area contributed by atoms with Crippen molar-refractivity contribution < 1.29 is 0 Å². The summed E-state index contributed by atoms with van der Waals surface area (Å²) in [7, 11) is 2.06. The molecular formula is C14H25N3. The monoisotopic (exact) mass is 235 g/mol. The van der Waals surface area contributed by atoms with Gasteiger partial charge in [0, 0.05) is 18.8 Å². The number of hydrogen-bond acceptors (Lipinski definition) is 2. The molecule has 3 heteroatoms. The van der Waals surface area contributed by atoms with Crippen molar-refractivity contribution in [3.05, 3.63) is 17.5 Å². The van der Waals surface area contributed by atoms with E-state index in [2.05, 4.69) is 37.4 Å². The number of nitrogens with zero attached hydrogens (tertiary/aromatic N) is 2. The molecule has 0 amide bonds. The third kappa shape index (κ3) is 3.32. The Kier molecular flexibility index (Phi) is 4.21. The van der Waals surface area contributed by atoms with Crippen LogP contribution in [0.1, 0.15) is 44.0 Å². The third-order valence-corrected chi connectivity index (χ3v) is 3.82. The minimum absolute atomic E-state index is 0.759. The van der Waals surface area contributed by atoms with Gasteiger partial charge in [0.05, 0.1) is 5.69 Å². The molecule has 0 aliphatic heterocycles. The molecule has 1 aromatic heterocycles. The first kappa shape index (κ1) is 12.6. The van der Waals surface area contributed by atoms with Crippen LogP contribution >= 0.6 is 0 Å². The third-order valence-electron chi connectivity index (χ3n) is 3.82. The van der Waals surface area contributed by atoms with E-state index in [1.54, 1.807) is 0 Å². The van der Waals surface area contributed by atoms with Gasteiger partial charge < -0.3 is 5.32 Å². The fraction of sp³-hybridized carbons (Fsp3) is 0.786. The molecule has 3 nitrogen and oxygen atoms in total. The summed E-state index contributed by atoms with van der Waals surface area (Å²) in [5.74, 6) is 0.846. The van der Waals surface area contributed by atoms with Gasteiger partial charge in [-0.15, -0.1) is 0 Å². The van der Waals surface area contributed by atoms with Crippen molar-refractivity contribution in [3.8, 4) is 0 Å². The van der Waals surface area contributed by atoms with Gasteiger partial charge in [-0.3, -0.25) is 4.68 Å². The van der Waals surface area contributed by atoms with E-state index in [0.717, 1.165) is 17.7 Å². The molecule has 1 heterocycles. The lowest BCUT2D eigenvalue weighted by atomic mass is 10.0. The van der Waals surface area contributed by atoms with Gasteiger partial charge in [-0.05, 0) is 57.6 Å². The van der Waals surface area contributed by atoms with Crippen molar-refractivity contribution in [2.24, 2.45) is 13.0 Å². The quantitative estimate of drug-likeness (QED) is 0.849. The predicted octanol–water partition coefficient (Wildman–Crippen LogP) is 2.44. The average Bonchev–Trinajstić information content (AvgIpc) is 2.84. The van der Waals surface area contributed by atoms with E-state index < -0.39 is 0 Å². The standard InChI is InChI=1S/C14H25N3/c1-4-7-15-13-6-5-12(9-13)10-14-8-11(2)16-17(14)3/h8,12-13,15H,4-7,9-10H2,1-3H3. The number of aryl methyl sites for hydroxylation is 2. The lowest BCUT2D eigenvalue weighted by molar-refractivity contribution is 0.475. The minimum Gasteiger partial charge on any atom is -0.314 e. The molecule has 96 valence electrons. The summed E-state index contributed by atoms with van der Waals surface area (Å²) >= 11 is 0. The second-order valence-corrected chi connectivity index (χ2v) is 5.43. The molecule has 2 rings (SSSR count). The van der Waals surface area contributed by atoms with E-state index in [-0.39, 0.29) is 0 Å². The molecule has 1 aliphatic rings. The van der Waals surface area contributed by atoms with Gasteiger partial charge in [0.2, 0.25) is 0 Å². The average molecular weight is 235 g/mol. The highest BCUT2D eigenvalue weighted by Gasteiger charge is 2.24. The minimum atomic E-state index is 0.759. The van der Waals surface area contributed by atoms with Gasteiger partial charge in [-0.25, -0.2) is 0 Å². The van der Waals surface area contributed by atoms with Crippen molar-refractivity contribution in [1.82, 2.24) is 15.1 Å². The van der Waals surface area contributed by atoms with Crippen molar-refractivity contribution in [2.75, 3.05) is 6.54 Å². The van der Waals surface area contributed by atoms with Gasteiger partial charge in [0.1, 0.15) is 0 Å². The van der Waals surface area contributed by atoms with Crippen LogP contribution in [0.3, 0.4) is 0 Å². The lowest BCUT2D eigenvalue weighted by Crippen LogP contribution is -2.27. The smallest absolute Gasteiger partial charge is 0.0596 e. The summed E-state index contributed by atoms with van der Waals surface area (Å²) in [5.41, 5.74) is 2.53. The molecule has 2 unspecified atom stereocenters. The maximum Gasteiger partial charge on any atom is 0.0596 e. The summed E-state index contributed by atoms with van der Waals surface area (Å²) in [6.45, 7) is 5.48. The van der Waals surface area contributed by atoms with E-state index in [0.29, 0.717) is 0 Å². The topological polar surface area (TPSA) is 29.9 Å². The molecule has 0 radical (unpaired) electrons. The fourth-order valence-electron chi connectivity index (χ4n) is 2.95. The van der Waals surface area contributed by atoms with Crippen LogP contribution in [0.4, 0.5) is 0 Å². The van der Waals surface area contributed by atoms with Crippen molar-refractivity contribution in [3.63, 3.8) is 0 Å². The molecule has 17 heavy (non-hydrogen) atoms. The van der Waals surface area contributed by atoms with Crippen LogP contribution in [0.5, 0.6) is 0 Å². The Morgan fingerprint density at radius 2 is 2.29 bits per heavy atom. The number of aromatic nitrogens is 2. The van der Waals surface area contributed by atoms with Crippen LogP contribution in [-0.4, -0.2) is 22.4 Å². The first-order chi connectivity index (χ1) is 8.19. The first-order valence-corrected chi connectivity index (χ1v) is 6.92. The fourth-order valence-corrected chi connectivity index (χ4v) is 2.95.